The number of amides is 1. The number of carbonyl (C=O) groups excluding carboxylic acids is 2. The Kier molecular flexibility index (Phi) is 5.32. The third-order valence-corrected chi connectivity index (χ3v) is 5.06. The van der Waals surface area contributed by atoms with Gasteiger partial charge in [-0.1, -0.05) is 0 Å². The van der Waals surface area contributed by atoms with Crippen molar-refractivity contribution in [2.45, 2.75) is 13.0 Å². The number of hydrogen-bond acceptors (Lipinski definition) is 6. The van der Waals surface area contributed by atoms with Crippen molar-refractivity contribution in [3.8, 4) is 0 Å². The normalized spacial score (nSPS) is 16.0. The van der Waals surface area contributed by atoms with Crippen LogP contribution in [-0.4, -0.2) is 55.0 Å². The van der Waals surface area contributed by atoms with E-state index < -0.39 is 0 Å². The van der Waals surface area contributed by atoms with E-state index >= 15 is 0 Å². The number of methoxy groups -OCH3 is 1. The summed E-state index contributed by atoms with van der Waals surface area (Å²) in [6.45, 7) is 3.71. The fraction of sp³-hybridized carbons (Fsp3) is 0.412. The molecule has 0 atom stereocenters. The number of nitrogens with zero attached hydrogens (tertiary/aromatic N) is 2. The minimum Gasteiger partial charge on any atom is -0.465 e. The zero-order valence-electron chi connectivity index (χ0n) is 13.6. The Morgan fingerprint density at radius 1 is 1.25 bits per heavy atom. The summed E-state index contributed by atoms with van der Waals surface area (Å²) in [6, 6.07) is 5.38. The lowest BCUT2D eigenvalue weighted by Gasteiger charge is -2.21. The number of ether oxygens (including phenoxy) is 1. The van der Waals surface area contributed by atoms with Crippen molar-refractivity contribution >= 4 is 23.2 Å². The van der Waals surface area contributed by atoms with E-state index in [-0.39, 0.29) is 11.9 Å². The fourth-order valence-corrected chi connectivity index (χ4v) is 3.69. The summed E-state index contributed by atoms with van der Waals surface area (Å²) < 4.78 is 10.0. The Morgan fingerprint density at radius 3 is 2.88 bits per heavy atom. The van der Waals surface area contributed by atoms with Crippen molar-refractivity contribution in [3.05, 3.63) is 46.0 Å². The first-order chi connectivity index (χ1) is 11.7. The molecular weight excluding hydrogens is 328 g/mol. The minimum atomic E-state index is -0.288. The monoisotopic (exact) mass is 348 g/mol. The van der Waals surface area contributed by atoms with Crippen LogP contribution in [0, 0.1) is 0 Å². The van der Waals surface area contributed by atoms with Crippen LogP contribution in [0.2, 0.25) is 0 Å². The first kappa shape index (κ1) is 16.7. The SMILES string of the molecule is COC(=O)c1sccc1CN1CCCN(C(=O)c2ccco2)CC1. The Labute approximate surface area is 144 Å². The Hall–Kier alpha value is -2.12. The van der Waals surface area contributed by atoms with E-state index in [0.29, 0.717) is 30.3 Å². The lowest BCUT2D eigenvalue weighted by molar-refractivity contribution is 0.0604. The molecule has 0 unspecified atom stereocenters. The molecule has 0 saturated carbocycles. The zero-order valence-corrected chi connectivity index (χ0v) is 14.4. The summed E-state index contributed by atoms with van der Waals surface area (Å²) in [5, 5.41) is 1.91. The third kappa shape index (κ3) is 3.68. The fourth-order valence-electron chi connectivity index (χ4n) is 2.86. The van der Waals surface area contributed by atoms with Gasteiger partial charge in [-0.2, -0.15) is 0 Å². The average Bonchev–Trinajstić information content (AvgIpc) is 3.23. The second-order valence-corrected chi connectivity index (χ2v) is 6.58. The summed E-state index contributed by atoms with van der Waals surface area (Å²) in [5.41, 5.74) is 0.984. The van der Waals surface area contributed by atoms with Gasteiger partial charge < -0.3 is 14.1 Å². The molecule has 6 nitrogen and oxygen atoms in total. The molecule has 24 heavy (non-hydrogen) atoms. The number of furan rings is 1. The largest absolute Gasteiger partial charge is 0.465 e. The van der Waals surface area contributed by atoms with Crippen molar-refractivity contribution in [2.24, 2.45) is 0 Å². The maximum absolute atomic E-state index is 12.4. The molecule has 0 aromatic carbocycles. The van der Waals surface area contributed by atoms with Crippen LogP contribution in [-0.2, 0) is 11.3 Å². The molecule has 2 aromatic heterocycles. The maximum Gasteiger partial charge on any atom is 0.348 e. The standard InChI is InChI=1S/C17H20N2O4S/c1-22-17(21)15-13(5-11-24-15)12-18-6-3-7-19(9-8-18)16(20)14-4-2-10-23-14/h2,4-5,10-11H,3,6-9,12H2,1H3. The smallest absolute Gasteiger partial charge is 0.348 e. The highest BCUT2D eigenvalue weighted by atomic mass is 32.1. The molecule has 128 valence electrons. The summed E-state index contributed by atoms with van der Waals surface area (Å²) in [4.78, 5) is 28.9. The van der Waals surface area contributed by atoms with E-state index in [1.165, 1.54) is 24.7 Å². The van der Waals surface area contributed by atoms with Gasteiger partial charge in [0, 0.05) is 32.7 Å². The van der Waals surface area contributed by atoms with Gasteiger partial charge in [-0.25, -0.2) is 4.79 Å². The summed E-state index contributed by atoms with van der Waals surface area (Å²) in [7, 11) is 1.40. The molecule has 1 aliphatic rings. The van der Waals surface area contributed by atoms with Crippen LogP contribution >= 0.6 is 11.3 Å². The predicted molar refractivity (Wildman–Crippen MR) is 90.2 cm³/mol. The maximum atomic E-state index is 12.4. The van der Waals surface area contributed by atoms with Gasteiger partial charge in [0.2, 0.25) is 0 Å². The summed E-state index contributed by atoms with van der Waals surface area (Å²) in [6.07, 6.45) is 2.41. The van der Waals surface area contributed by atoms with Gasteiger partial charge in [0.15, 0.2) is 5.76 Å². The molecule has 0 bridgehead atoms. The highest BCUT2D eigenvalue weighted by Gasteiger charge is 2.23. The van der Waals surface area contributed by atoms with Gasteiger partial charge in [-0.3, -0.25) is 9.69 Å². The first-order valence-electron chi connectivity index (χ1n) is 7.89. The highest BCUT2D eigenvalue weighted by Crippen LogP contribution is 2.20. The quantitative estimate of drug-likeness (QED) is 0.795. The Bertz CT molecular complexity index is 695. The predicted octanol–water partition coefficient (Wildman–Crippen LogP) is 2.48. The molecule has 0 spiro atoms. The van der Waals surface area contributed by atoms with Crippen molar-refractivity contribution in [1.82, 2.24) is 9.80 Å². The number of rotatable bonds is 4. The molecule has 7 heteroatoms. The minimum absolute atomic E-state index is 0.0624. The lowest BCUT2D eigenvalue weighted by Crippen LogP contribution is -2.35. The molecule has 1 aliphatic heterocycles. The van der Waals surface area contributed by atoms with E-state index in [2.05, 4.69) is 4.90 Å². The lowest BCUT2D eigenvalue weighted by atomic mass is 10.2. The molecule has 1 saturated heterocycles. The van der Waals surface area contributed by atoms with E-state index in [1.54, 1.807) is 12.1 Å². The van der Waals surface area contributed by atoms with Crippen LogP contribution in [0.5, 0.6) is 0 Å². The topological polar surface area (TPSA) is 63.0 Å². The molecule has 3 heterocycles. The van der Waals surface area contributed by atoms with Gasteiger partial charge in [-0.15, -0.1) is 11.3 Å². The molecule has 0 radical (unpaired) electrons. The van der Waals surface area contributed by atoms with Gasteiger partial charge >= 0.3 is 5.97 Å². The third-order valence-electron chi connectivity index (χ3n) is 4.12. The number of esters is 1. The van der Waals surface area contributed by atoms with E-state index in [0.717, 1.165) is 25.1 Å². The molecule has 1 fully saturated rings. The number of thiophene rings is 1. The first-order valence-corrected chi connectivity index (χ1v) is 8.77. The number of carbonyl (C=O) groups is 2. The van der Waals surface area contributed by atoms with Gasteiger partial charge in [0.05, 0.1) is 13.4 Å². The Balaban J connectivity index is 1.61. The average molecular weight is 348 g/mol. The molecule has 3 rings (SSSR count). The van der Waals surface area contributed by atoms with Crippen LogP contribution in [0.3, 0.4) is 0 Å². The van der Waals surface area contributed by atoms with Crippen molar-refractivity contribution < 1.29 is 18.7 Å². The highest BCUT2D eigenvalue weighted by molar-refractivity contribution is 7.12. The van der Waals surface area contributed by atoms with Crippen LogP contribution in [0.25, 0.3) is 0 Å². The summed E-state index contributed by atoms with van der Waals surface area (Å²) in [5.74, 6) is 0.0336. The molecule has 0 aliphatic carbocycles. The van der Waals surface area contributed by atoms with E-state index in [1.807, 2.05) is 16.3 Å². The van der Waals surface area contributed by atoms with Crippen LogP contribution in [0.4, 0.5) is 0 Å². The van der Waals surface area contributed by atoms with Gasteiger partial charge in [0.25, 0.3) is 5.91 Å². The number of hydrogen-bond donors (Lipinski definition) is 0. The Morgan fingerprint density at radius 2 is 2.12 bits per heavy atom. The van der Waals surface area contributed by atoms with E-state index in [4.69, 9.17) is 9.15 Å². The molecular formula is C17H20N2O4S. The van der Waals surface area contributed by atoms with Crippen molar-refractivity contribution in [3.63, 3.8) is 0 Å². The van der Waals surface area contributed by atoms with Crippen molar-refractivity contribution in [1.29, 1.82) is 0 Å². The van der Waals surface area contributed by atoms with Crippen LogP contribution < -0.4 is 0 Å². The van der Waals surface area contributed by atoms with Crippen LogP contribution in [0.1, 0.15) is 32.2 Å². The second-order valence-electron chi connectivity index (χ2n) is 5.67. The van der Waals surface area contributed by atoms with Crippen LogP contribution in [0.15, 0.2) is 34.3 Å². The molecule has 0 N–H and O–H groups in total. The zero-order chi connectivity index (χ0) is 16.9. The molecule has 2 aromatic rings. The molecule has 1 amide bonds. The van der Waals surface area contributed by atoms with E-state index in [9.17, 15) is 9.59 Å². The van der Waals surface area contributed by atoms with Gasteiger partial charge in [-0.05, 0) is 35.6 Å². The van der Waals surface area contributed by atoms with Crippen molar-refractivity contribution in [2.75, 3.05) is 33.3 Å². The second kappa shape index (κ2) is 7.63. The summed E-state index contributed by atoms with van der Waals surface area (Å²) >= 11 is 1.40. The van der Waals surface area contributed by atoms with Gasteiger partial charge in [0.1, 0.15) is 4.88 Å².